The summed E-state index contributed by atoms with van der Waals surface area (Å²) < 4.78 is 22.5. The van der Waals surface area contributed by atoms with Crippen LogP contribution >= 0.6 is 0 Å². The Morgan fingerprint density at radius 1 is 0.907 bits per heavy atom. The lowest BCUT2D eigenvalue weighted by molar-refractivity contribution is -0.895. The average molecular weight is 589 g/mol. The number of amides is 1. The first-order chi connectivity index (χ1) is 20.8. The minimum absolute atomic E-state index is 0.102. The van der Waals surface area contributed by atoms with Crippen molar-refractivity contribution < 1.29 is 38.5 Å². The van der Waals surface area contributed by atoms with E-state index in [0.29, 0.717) is 59.4 Å². The minimum atomic E-state index is -0.926. The number of nitrogens with one attached hydrogen (secondary N) is 1. The summed E-state index contributed by atoms with van der Waals surface area (Å²) in [6, 6.07) is 17.4. The zero-order valence-corrected chi connectivity index (χ0v) is 25.7. The van der Waals surface area contributed by atoms with Crippen molar-refractivity contribution in [3.63, 3.8) is 0 Å². The highest BCUT2D eigenvalue weighted by molar-refractivity contribution is 6.46. The molecule has 0 bridgehead atoms. The van der Waals surface area contributed by atoms with Gasteiger partial charge >= 0.3 is 0 Å². The Morgan fingerprint density at radius 2 is 1.56 bits per heavy atom. The Balaban J connectivity index is 1.79. The molecule has 9 heteroatoms. The van der Waals surface area contributed by atoms with E-state index >= 15 is 0 Å². The molecule has 1 heterocycles. The quantitative estimate of drug-likeness (QED) is 0.186. The Labute approximate surface area is 253 Å². The van der Waals surface area contributed by atoms with E-state index < -0.39 is 23.5 Å². The molecule has 228 valence electrons. The number of rotatable bonds is 13. The topological polar surface area (TPSA) is 102 Å². The van der Waals surface area contributed by atoms with E-state index in [9.17, 15) is 14.7 Å². The standard InChI is InChI=1S/C34H40N2O7/c1-7-35(8-2)16-17-36-30(24-19-27(40-4)33(42-6)28(20-24)41-5)29(32(38)34(36)39)31(37)26-15-14-25(18-22(26)3)43-21-23-12-10-9-11-13-23/h9-15,18-20,30,37H,7-8,16-17,21H2,1-6H3. The van der Waals surface area contributed by atoms with Crippen LogP contribution < -0.4 is 29.0 Å². The number of ether oxygens (including phenoxy) is 4. The molecule has 1 atom stereocenters. The monoisotopic (exact) mass is 588 g/mol. The molecule has 3 aromatic carbocycles. The smallest absolute Gasteiger partial charge is 0.295 e. The van der Waals surface area contributed by atoms with Crippen molar-refractivity contribution in [3.8, 4) is 23.0 Å². The first kappa shape index (κ1) is 31.4. The molecule has 1 fully saturated rings. The number of carbonyl (C=O) groups is 2. The van der Waals surface area contributed by atoms with Gasteiger partial charge in [-0.25, -0.2) is 0 Å². The molecule has 43 heavy (non-hydrogen) atoms. The van der Waals surface area contributed by atoms with Crippen molar-refractivity contribution in [1.82, 2.24) is 4.90 Å². The number of nitrogens with zero attached hydrogens (tertiary/aromatic N) is 1. The van der Waals surface area contributed by atoms with Crippen molar-refractivity contribution in [2.45, 2.75) is 33.4 Å². The maximum Gasteiger partial charge on any atom is 0.295 e. The number of methoxy groups -OCH3 is 3. The van der Waals surface area contributed by atoms with Crippen LogP contribution in [-0.2, 0) is 16.2 Å². The lowest BCUT2D eigenvalue weighted by Gasteiger charge is -2.29. The molecule has 0 radical (unpaired) electrons. The van der Waals surface area contributed by atoms with E-state index in [2.05, 4.69) is 13.8 Å². The third-order valence-electron chi connectivity index (χ3n) is 7.93. The molecular weight excluding hydrogens is 548 g/mol. The highest BCUT2D eigenvalue weighted by atomic mass is 16.5. The highest BCUT2D eigenvalue weighted by Gasteiger charge is 2.45. The number of benzene rings is 3. The predicted molar refractivity (Wildman–Crippen MR) is 161 cm³/mol. The summed E-state index contributed by atoms with van der Waals surface area (Å²) in [5, 5.41) is 14.2. The first-order valence-electron chi connectivity index (χ1n) is 14.4. The summed E-state index contributed by atoms with van der Waals surface area (Å²) in [6.07, 6.45) is 0. The first-order valence-corrected chi connectivity index (χ1v) is 14.4. The maximum absolute atomic E-state index is 14.2. The largest absolute Gasteiger partial charge is 0.872 e. The number of carbonyl (C=O) groups excluding carboxylic acids is 2. The zero-order valence-electron chi connectivity index (χ0n) is 25.7. The van der Waals surface area contributed by atoms with Crippen LogP contribution in [0.1, 0.15) is 42.1 Å². The fourth-order valence-corrected chi connectivity index (χ4v) is 5.46. The molecule has 1 aliphatic rings. The van der Waals surface area contributed by atoms with Gasteiger partial charge in [0.15, 0.2) is 11.5 Å². The van der Waals surface area contributed by atoms with Crippen LogP contribution in [0.25, 0.3) is 5.76 Å². The SMILES string of the molecule is CC[NH+](CC)CCN1C(=O)C(=O)C(=C([O-])c2ccc(OCc3ccccc3)cc2C)C1c1cc(OC)c(OC)c(OC)c1. The fraction of sp³-hybridized carbons (Fsp3) is 0.353. The van der Waals surface area contributed by atoms with Gasteiger partial charge < -0.3 is 33.9 Å². The number of Topliss-reactive ketones (excluding diaryl/α,β-unsaturated/α-hetero) is 1. The van der Waals surface area contributed by atoms with Gasteiger partial charge in [-0.1, -0.05) is 42.2 Å². The van der Waals surface area contributed by atoms with Crippen molar-refractivity contribution in [1.29, 1.82) is 0 Å². The van der Waals surface area contributed by atoms with E-state index in [1.54, 1.807) is 37.3 Å². The Morgan fingerprint density at radius 3 is 2.12 bits per heavy atom. The lowest BCUT2D eigenvalue weighted by Crippen LogP contribution is -3.12. The highest BCUT2D eigenvalue weighted by Crippen LogP contribution is 2.45. The van der Waals surface area contributed by atoms with Gasteiger partial charge in [-0.15, -0.1) is 0 Å². The van der Waals surface area contributed by atoms with Gasteiger partial charge in [-0.05, 0) is 67.3 Å². The summed E-state index contributed by atoms with van der Waals surface area (Å²) >= 11 is 0. The van der Waals surface area contributed by atoms with Crippen LogP contribution in [-0.4, -0.2) is 64.1 Å². The molecule has 4 rings (SSSR count). The molecule has 1 amide bonds. The van der Waals surface area contributed by atoms with Crippen LogP contribution in [0.15, 0.2) is 66.2 Å². The minimum Gasteiger partial charge on any atom is -0.872 e. The van der Waals surface area contributed by atoms with Crippen LogP contribution in [0.5, 0.6) is 23.0 Å². The van der Waals surface area contributed by atoms with E-state index in [1.807, 2.05) is 30.3 Å². The molecule has 9 nitrogen and oxygen atoms in total. The summed E-state index contributed by atoms with van der Waals surface area (Å²) in [5.41, 5.74) is 2.41. The third kappa shape index (κ3) is 6.62. The van der Waals surface area contributed by atoms with Gasteiger partial charge in [-0.2, -0.15) is 0 Å². The molecule has 1 aliphatic heterocycles. The van der Waals surface area contributed by atoms with Gasteiger partial charge in [0.1, 0.15) is 12.4 Å². The number of aryl methyl sites for hydroxylation is 1. The molecule has 3 aromatic rings. The van der Waals surface area contributed by atoms with Crippen molar-refractivity contribution in [2.24, 2.45) is 0 Å². The number of hydrogen-bond acceptors (Lipinski definition) is 7. The Kier molecular flexibility index (Phi) is 10.3. The molecule has 0 aromatic heterocycles. The molecule has 1 N–H and O–H groups in total. The molecule has 1 saturated heterocycles. The van der Waals surface area contributed by atoms with Crippen molar-refractivity contribution >= 4 is 17.4 Å². The van der Waals surface area contributed by atoms with E-state index in [0.717, 1.165) is 18.7 Å². The summed E-state index contributed by atoms with van der Waals surface area (Å²) in [4.78, 5) is 29.9. The van der Waals surface area contributed by atoms with Gasteiger partial charge in [0.2, 0.25) is 11.5 Å². The fourth-order valence-electron chi connectivity index (χ4n) is 5.46. The summed E-state index contributed by atoms with van der Waals surface area (Å²) in [7, 11) is 4.49. The third-order valence-corrected chi connectivity index (χ3v) is 7.93. The normalized spacial score (nSPS) is 16.1. The van der Waals surface area contributed by atoms with Gasteiger partial charge in [-0.3, -0.25) is 9.59 Å². The van der Waals surface area contributed by atoms with Crippen LogP contribution in [0.2, 0.25) is 0 Å². The lowest BCUT2D eigenvalue weighted by atomic mass is 9.93. The summed E-state index contributed by atoms with van der Waals surface area (Å²) in [5.74, 6) is -0.306. The Hall–Kier alpha value is -4.50. The zero-order chi connectivity index (χ0) is 31.1. The molecule has 1 unspecified atom stereocenters. The van der Waals surface area contributed by atoms with E-state index in [4.69, 9.17) is 18.9 Å². The molecule has 0 spiro atoms. The van der Waals surface area contributed by atoms with Crippen LogP contribution in [0, 0.1) is 6.92 Å². The molecule has 0 saturated carbocycles. The van der Waals surface area contributed by atoms with Crippen LogP contribution in [0.3, 0.4) is 0 Å². The van der Waals surface area contributed by atoms with Gasteiger partial charge in [0, 0.05) is 5.57 Å². The molecular formula is C34H40N2O7. The Bertz CT molecular complexity index is 1460. The summed E-state index contributed by atoms with van der Waals surface area (Å²) in [6.45, 7) is 8.98. The van der Waals surface area contributed by atoms with E-state index in [1.165, 1.54) is 31.1 Å². The maximum atomic E-state index is 14.2. The van der Waals surface area contributed by atoms with E-state index in [-0.39, 0.29) is 5.57 Å². The second-order valence-electron chi connectivity index (χ2n) is 10.4. The second kappa shape index (κ2) is 14.1. The van der Waals surface area contributed by atoms with Crippen LogP contribution in [0.4, 0.5) is 0 Å². The van der Waals surface area contributed by atoms with Crippen molar-refractivity contribution in [2.75, 3.05) is 47.5 Å². The number of ketones is 1. The number of likely N-dealkylation sites (N-methyl/N-ethyl adjacent to an activating group) is 1. The average Bonchev–Trinajstić information content (AvgIpc) is 3.28. The van der Waals surface area contributed by atoms with Gasteiger partial charge in [0.05, 0.1) is 53.6 Å². The van der Waals surface area contributed by atoms with Gasteiger partial charge in [0.25, 0.3) is 5.91 Å². The molecule has 0 aliphatic carbocycles. The van der Waals surface area contributed by atoms with Crippen molar-refractivity contribution in [3.05, 3.63) is 88.5 Å². The predicted octanol–water partition coefficient (Wildman–Crippen LogP) is 2.75. The number of hydrogen-bond donors (Lipinski definition) is 1. The number of likely N-dealkylation sites (tertiary alicyclic amines) is 1. The second-order valence-corrected chi connectivity index (χ2v) is 10.4. The number of quaternary nitrogens is 1.